The van der Waals surface area contributed by atoms with Crippen molar-refractivity contribution in [2.24, 2.45) is 0 Å². The van der Waals surface area contributed by atoms with Crippen molar-refractivity contribution in [3.05, 3.63) is 78.4 Å². The van der Waals surface area contributed by atoms with Crippen LogP contribution in [0.3, 0.4) is 0 Å². The lowest BCUT2D eigenvalue weighted by atomic mass is 10.1. The van der Waals surface area contributed by atoms with Gasteiger partial charge in [-0.2, -0.15) is 8.42 Å². The smallest absolute Gasteiger partial charge is 0.307 e. The zero-order chi connectivity index (χ0) is 21.5. The molecule has 0 fully saturated rings. The van der Waals surface area contributed by atoms with Gasteiger partial charge in [-0.1, -0.05) is 36.4 Å². The third-order valence-electron chi connectivity index (χ3n) is 5.17. The van der Waals surface area contributed by atoms with Gasteiger partial charge in [0.1, 0.15) is 0 Å². The summed E-state index contributed by atoms with van der Waals surface area (Å²) in [7, 11) is -0.569. The summed E-state index contributed by atoms with van der Waals surface area (Å²) in [6.45, 7) is 1.84. The summed E-state index contributed by atoms with van der Waals surface area (Å²) in [6, 6.07) is 21.8. The standard InChI is InChI=1S/C22H22N4O3S/c1-16-14-20-21(25(3)30(28,29)24(20)2)15-19(16)23-22(27)26(17-10-6-4-7-11-17)18-12-8-5-9-13-18/h4-15H,1-3H3,(H,23,27). The fourth-order valence-corrected chi connectivity index (χ4v) is 4.62. The molecule has 0 unspecified atom stereocenters. The number of para-hydroxylation sites is 2. The molecule has 2 amide bonds. The van der Waals surface area contributed by atoms with Crippen LogP contribution in [-0.4, -0.2) is 28.5 Å². The lowest BCUT2D eigenvalue weighted by Crippen LogP contribution is -2.32. The monoisotopic (exact) mass is 422 g/mol. The molecule has 8 heteroatoms. The van der Waals surface area contributed by atoms with Crippen LogP contribution in [0, 0.1) is 6.92 Å². The predicted molar refractivity (Wildman–Crippen MR) is 121 cm³/mol. The van der Waals surface area contributed by atoms with Crippen LogP contribution in [0.25, 0.3) is 0 Å². The molecule has 7 nitrogen and oxygen atoms in total. The molecule has 0 saturated heterocycles. The molecule has 1 heterocycles. The number of hydrogen-bond acceptors (Lipinski definition) is 3. The van der Waals surface area contributed by atoms with Gasteiger partial charge in [0.25, 0.3) is 0 Å². The summed E-state index contributed by atoms with van der Waals surface area (Å²) >= 11 is 0. The number of rotatable bonds is 3. The fraction of sp³-hybridized carbons (Fsp3) is 0.136. The first kappa shape index (κ1) is 19.8. The largest absolute Gasteiger partial charge is 0.330 e. The molecule has 0 aliphatic carbocycles. The molecule has 0 aromatic heterocycles. The van der Waals surface area contributed by atoms with Crippen molar-refractivity contribution in [2.75, 3.05) is 32.9 Å². The third kappa shape index (κ3) is 3.25. The summed E-state index contributed by atoms with van der Waals surface area (Å²) in [4.78, 5) is 14.9. The molecular weight excluding hydrogens is 400 g/mol. The summed E-state index contributed by atoms with van der Waals surface area (Å²) in [5, 5.41) is 2.95. The van der Waals surface area contributed by atoms with E-state index in [4.69, 9.17) is 0 Å². The van der Waals surface area contributed by atoms with E-state index in [1.54, 1.807) is 17.0 Å². The van der Waals surface area contributed by atoms with Crippen molar-refractivity contribution in [1.29, 1.82) is 0 Å². The van der Waals surface area contributed by atoms with Crippen LogP contribution in [0.2, 0.25) is 0 Å². The zero-order valence-electron chi connectivity index (χ0n) is 16.9. The van der Waals surface area contributed by atoms with Gasteiger partial charge < -0.3 is 5.32 Å². The predicted octanol–water partition coefficient (Wildman–Crippen LogP) is 4.50. The zero-order valence-corrected chi connectivity index (χ0v) is 17.7. The third-order valence-corrected chi connectivity index (χ3v) is 6.94. The molecule has 0 saturated carbocycles. The summed E-state index contributed by atoms with van der Waals surface area (Å²) in [6.07, 6.45) is 0. The normalized spacial score (nSPS) is 14.4. The second-order valence-corrected chi connectivity index (χ2v) is 9.03. The first-order valence-corrected chi connectivity index (χ1v) is 10.8. The molecule has 0 atom stereocenters. The highest BCUT2D eigenvalue weighted by Crippen LogP contribution is 2.42. The lowest BCUT2D eigenvalue weighted by Gasteiger charge is -2.24. The Bertz CT molecular complexity index is 1160. The van der Waals surface area contributed by atoms with Crippen molar-refractivity contribution < 1.29 is 13.2 Å². The molecule has 0 bridgehead atoms. The van der Waals surface area contributed by atoms with E-state index in [1.165, 1.54) is 22.7 Å². The second kappa shape index (κ2) is 7.38. The first-order chi connectivity index (χ1) is 14.3. The van der Waals surface area contributed by atoms with Crippen molar-refractivity contribution in [3.63, 3.8) is 0 Å². The molecule has 3 aromatic rings. The van der Waals surface area contributed by atoms with Gasteiger partial charge >= 0.3 is 16.2 Å². The number of amides is 2. The number of benzene rings is 3. The number of urea groups is 1. The highest BCUT2D eigenvalue weighted by molar-refractivity contribution is 7.94. The Morgan fingerprint density at radius 3 is 1.80 bits per heavy atom. The van der Waals surface area contributed by atoms with E-state index in [2.05, 4.69) is 5.32 Å². The van der Waals surface area contributed by atoms with Gasteiger partial charge in [0, 0.05) is 19.8 Å². The molecule has 154 valence electrons. The van der Waals surface area contributed by atoms with Gasteiger partial charge in [0.05, 0.1) is 22.7 Å². The van der Waals surface area contributed by atoms with Gasteiger partial charge in [-0.25, -0.2) is 4.79 Å². The Morgan fingerprint density at radius 1 is 0.833 bits per heavy atom. The Morgan fingerprint density at radius 2 is 1.30 bits per heavy atom. The summed E-state index contributed by atoms with van der Waals surface area (Å²) < 4.78 is 27.3. The van der Waals surface area contributed by atoms with E-state index in [0.29, 0.717) is 17.1 Å². The van der Waals surface area contributed by atoms with Crippen molar-refractivity contribution in [1.82, 2.24) is 0 Å². The quantitative estimate of drug-likeness (QED) is 0.676. The van der Waals surface area contributed by atoms with Gasteiger partial charge in [-0.05, 0) is 48.9 Å². The van der Waals surface area contributed by atoms with Gasteiger partial charge in [0.15, 0.2) is 0 Å². The van der Waals surface area contributed by atoms with Crippen LogP contribution in [0.5, 0.6) is 0 Å². The molecule has 1 N–H and O–H groups in total. The van der Waals surface area contributed by atoms with Crippen LogP contribution in [0.1, 0.15) is 5.56 Å². The van der Waals surface area contributed by atoms with Crippen molar-refractivity contribution >= 4 is 44.7 Å². The Kier molecular flexibility index (Phi) is 4.87. The molecule has 1 aliphatic rings. The van der Waals surface area contributed by atoms with Crippen molar-refractivity contribution in [2.45, 2.75) is 6.92 Å². The molecule has 0 spiro atoms. The number of nitrogens with zero attached hydrogens (tertiary/aromatic N) is 3. The molecule has 3 aromatic carbocycles. The maximum atomic E-state index is 13.3. The first-order valence-electron chi connectivity index (χ1n) is 9.39. The van der Waals surface area contributed by atoms with Crippen molar-refractivity contribution in [3.8, 4) is 0 Å². The number of nitrogens with one attached hydrogen (secondary N) is 1. The van der Waals surface area contributed by atoms with Gasteiger partial charge in [-0.3, -0.25) is 13.5 Å². The number of aryl methyl sites for hydroxylation is 1. The van der Waals surface area contributed by atoms with E-state index < -0.39 is 10.2 Å². The van der Waals surface area contributed by atoms with Gasteiger partial charge in [0.2, 0.25) is 0 Å². The van der Waals surface area contributed by atoms with Crippen LogP contribution in [0.15, 0.2) is 72.8 Å². The molecule has 30 heavy (non-hydrogen) atoms. The maximum Gasteiger partial charge on any atom is 0.330 e. The van der Waals surface area contributed by atoms with Crippen LogP contribution in [-0.2, 0) is 10.2 Å². The van der Waals surface area contributed by atoms with Gasteiger partial charge in [-0.15, -0.1) is 0 Å². The van der Waals surface area contributed by atoms with E-state index in [9.17, 15) is 13.2 Å². The second-order valence-electron chi connectivity index (χ2n) is 7.04. The number of fused-ring (bicyclic) bond motifs is 1. The number of hydrogen-bond donors (Lipinski definition) is 1. The fourth-order valence-electron chi connectivity index (χ4n) is 3.46. The number of carbonyl (C=O) groups excluding carboxylic acids is 1. The van der Waals surface area contributed by atoms with E-state index in [0.717, 1.165) is 16.9 Å². The van der Waals surface area contributed by atoms with Crippen LogP contribution in [0.4, 0.5) is 33.2 Å². The molecular formula is C22H22N4O3S. The molecule has 4 rings (SSSR count). The SMILES string of the molecule is Cc1cc2c(cc1NC(=O)N(c1ccccc1)c1ccccc1)N(C)S(=O)(=O)N2C. The maximum absolute atomic E-state index is 13.3. The summed E-state index contributed by atoms with van der Waals surface area (Å²) in [5.41, 5.74) is 3.85. The Hall–Kier alpha value is -3.52. The minimum atomic E-state index is -3.58. The highest BCUT2D eigenvalue weighted by atomic mass is 32.2. The average molecular weight is 423 g/mol. The summed E-state index contributed by atoms with van der Waals surface area (Å²) in [5.74, 6) is 0. The Balaban J connectivity index is 1.72. The minimum Gasteiger partial charge on any atom is -0.307 e. The van der Waals surface area contributed by atoms with E-state index in [1.807, 2.05) is 67.6 Å². The van der Waals surface area contributed by atoms with Crippen LogP contribution >= 0.6 is 0 Å². The molecule has 1 aliphatic heterocycles. The average Bonchev–Trinajstić information content (AvgIpc) is 2.90. The topological polar surface area (TPSA) is 73.0 Å². The van der Waals surface area contributed by atoms with Crippen LogP contribution < -0.4 is 18.8 Å². The minimum absolute atomic E-state index is 0.340. The number of carbonyl (C=O) groups is 1. The van der Waals surface area contributed by atoms with E-state index in [-0.39, 0.29) is 6.03 Å². The molecule has 0 radical (unpaired) electrons. The highest BCUT2D eigenvalue weighted by Gasteiger charge is 2.36. The number of anilines is 5. The lowest BCUT2D eigenvalue weighted by molar-refractivity contribution is 0.259. The van der Waals surface area contributed by atoms with E-state index >= 15 is 0 Å². The Labute approximate surface area is 176 Å².